The number of fused-ring (bicyclic) bond motifs is 1. The predicted octanol–water partition coefficient (Wildman–Crippen LogP) is 4.49. The smallest absolute Gasteiger partial charge is 0.159 e. The second kappa shape index (κ2) is 6.86. The standard InChI is InChI=1S/C20H22O3/c1-3-4-6-17-15(7-5-8-19(17)21)16-11-12-23-20-10-9-14(22-2)13-18(16)20/h3,9-11,13H,1,4-8,12H2,2H3. The molecule has 0 fully saturated rings. The summed E-state index contributed by atoms with van der Waals surface area (Å²) in [6.45, 7) is 4.32. The van der Waals surface area contributed by atoms with Crippen molar-refractivity contribution in [3.05, 3.63) is 53.6 Å². The van der Waals surface area contributed by atoms with Gasteiger partial charge in [0.1, 0.15) is 18.1 Å². The number of benzene rings is 1. The van der Waals surface area contributed by atoms with Crippen LogP contribution in [0.25, 0.3) is 5.57 Å². The molecule has 1 aromatic rings. The van der Waals surface area contributed by atoms with E-state index < -0.39 is 0 Å². The zero-order valence-electron chi connectivity index (χ0n) is 13.6. The first kappa shape index (κ1) is 15.6. The minimum absolute atomic E-state index is 0.282. The molecule has 120 valence electrons. The van der Waals surface area contributed by atoms with E-state index in [1.54, 1.807) is 7.11 Å². The van der Waals surface area contributed by atoms with E-state index in [1.165, 1.54) is 5.57 Å². The number of rotatable bonds is 5. The van der Waals surface area contributed by atoms with Crippen LogP contribution in [0.15, 0.2) is 48.1 Å². The number of methoxy groups -OCH3 is 1. The summed E-state index contributed by atoms with van der Waals surface area (Å²) in [5.74, 6) is 1.94. The third kappa shape index (κ3) is 3.09. The zero-order chi connectivity index (χ0) is 16.2. The minimum Gasteiger partial charge on any atom is -0.497 e. The fourth-order valence-electron chi connectivity index (χ4n) is 3.31. The van der Waals surface area contributed by atoms with Gasteiger partial charge >= 0.3 is 0 Å². The molecular formula is C20H22O3. The maximum atomic E-state index is 12.4. The number of hydrogen-bond donors (Lipinski definition) is 0. The van der Waals surface area contributed by atoms with Crippen LogP contribution >= 0.6 is 0 Å². The molecule has 1 aliphatic heterocycles. The van der Waals surface area contributed by atoms with Gasteiger partial charge in [-0.1, -0.05) is 6.08 Å². The third-order valence-electron chi connectivity index (χ3n) is 4.46. The van der Waals surface area contributed by atoms with Crippen molar-refractivity contribution in [2.24, 2.45) is 0 Å². The Morgan fingerprint density at radius 1 is 1.35 bits per heavy atom. The molecule has 23 heavy (non-hydrogen) atoms. The van der Waals surface area contributed by atoms with Crippen LogP contribution in [0.3, 0.4) is 0 Å². The number of Topliss-reactive ketones (excluding diaryl/α,β-unsaturated/α-hetero) is 1. The summed E-state index contributed by atoms with van der Waals surface area (Å²) < 4.78 is 11.1. The van der Waals surface area contributed by atoms with E-state index in [0.29, 0.717) is 13.0 Å². The van der Waals surface area contributed by atoms with Crippen LogP contribution in [-0.4, -0.2) is 19.5 Å². The maximum Gasteiger partial charge on any atom is 0.159 e. The van der Waals surface area contributed by atoms with Gasteiger partial charge in [0.15, 0.2) is 5.78 Å². The molecule has 0 amide bonds. The number of carbonyl (C=O) groups is 1. The molecule has 1 aliphatic carbocycles. The number of hydrogen-bond acceptors (Lipinski definition) is 3. The van der Waals surface area contributed by atoms with E-state index in [4.69, 9.17) is 9.47 Å². The predicted molar refractivity (Wildman–Crippen MR) is 91.8 cm³/mol. The van der Waals surface area contributed by atoms with Crippen LogP contribution in [0.2, 0.25) is 0 Å². The average molecular weight is 310 g/mol. The molecule has 3 heteroatoms. The molecule has 3 nitrogen and oxygen atoms in total. The van der Waals surface area contributed by atoms with Crippen molar-refractivity contribution in [2.75, 3.05) is 13.7 Å². The van der Waals surface area contributed by atoms with Gasteiger partial charge < -0.3 is 9.47 Å². The van der Waals surface area contributed by atoms with Crippen molar-refractivity contribution >= 4 is 11.4 Å². The van der Waals surface area contributed by atoms with Gasteiger partial charge in [0.2, 0.25) is 0 Å². The second-order valence-electron chi connectivity index (χ2n) is 5.85. The molecule has 1 aromatic carbocycles. The van der Waals surface area contributed by atoms with Crippen molar-refractivity contribution in [3.8, 4) is 11.5 Å². The highest BCUT2D eigenvalue weighted by molar-refractivity contribution is 6.02. The van der Waals surface area contributed by atoms with E-state index in [0.717, 1.165) is 53.9 Å². The molecular weight excluding hydrogens is 288 g/mol. The van der Waals surface area contributed by atoms with E-state index in [1.807, 2.05) is 24.3 Å². The van der Waals surface area contributed by atoms with Gasteiger partial charge in [-0.05, 0) is 66.7 Å². The molecule has 0 unspecified atom stereocenters. The van der Waals surface area contributed by atoms with Gasteiger partial charge in [-0.2, -0.15) is 0 Å². The number of ketones is 1. The summed E-state index contributed by atoms with van der Waals surface area (Å²) in [6.07, 6.45) is 8.09. The fraction of sp³-hybridized carbons (Fsp3) is 0.350. The van der Waals surface area contributed by atoms with Crippen LogP contribution < -0.4 is 9.47 Å². The number of carbonyl (C=O) groups excluding carboxylic acids is 1. The Morgan fingerprint density at radius 3 is 3.00 bits per heavy atom. The zero-order valence-corrected chi connectivity index (χ0v) is 13.6. The fourth-order valence-corrected chi connectivity index (χ4v) is 3.31. The van der Waals surface area contributed by atoms with Crippen LogP contribution in [0.5, 0.6) is 11.5 Å². The highest BCUT2D eigenvalue weighted by Gasteiger charge is 2.26. The molecule has 0 N–H and O–H groups in total. The van der Waals surface area contributed by atoms with Gasteiger partial charge in [-0.3, -0.25) is 4.79 Å². The van der Waals surface area contributed by atoms with Gasteiger partial charge in [-0.15, -0.1) is 6.58 Å². The van der Waals surface area contributed by atoms with Gasteiger partial charge in [-0.25, -0.2) is 0 Å². The van der Waals surface area contributed by atoms with Crippen LogP contribution in [0.1, 0.15) is 37.7 Å². The van der Waals surface area contributed by atoms with Crippen LogP contribution in [-0.2, 0) is 4.79 Å². The molecule has 0 spiro atoms. The van der Waals surface area contributed by atoms with Gasteiger partial charge in [0, 0.05) is 12.0 Å². The summed E-state index contributed by atoms with van der Waals surface area (Å²) >= 11 is 0. The monoisotopic (exact) mass is 310 g/mol. The third-order valence-corrected chi connectivity index (χ3v) is 4.46. The van der Waals surface area contributed by atoms with Gasteiger partial charge in [0.25, 0.3) is 0 Å². The Labute approximate surface area is 137 Å². The summed E-state index contributed by atoms with van der Waals surface area (Å²) in [6, 6.07) is 5.84. The highest BCUT2D eigenvalue weighted by Crippen LogP contribution is 2.41. The quantitative estimate of drug-likeness (QED) is 0.752. The first-order chi connectivity index (χ1) is 11.2. The van der Waals surface area contributed by atoms with Crippen LogP contribution in [0, 0.1) is 0 Å². The van der Waals surface area contributed by atoms with E-state index >= 15 is 0 Å². The SMILES string of the molecule is C=CCCC1=C(C2=CCOc3ccc(OC)cc32)CCCC1=O. The lowest BCUT2D eigenvalue weighted by Gasteiger charge is -2.26. The van der Waals surface area contributed by atoms with Crippen molar-refractivity contribution < 1.29 is 14.3 Å². The molecule has 2 aliphatic rings. The Balaban J connectivity index is 2.07. The lowest BCUT2D eigenvalue weighted by molar-refractivity contribution is -0.116. The van der Waals surface area contributed by atoms with Gasteiger partial charge in [0.05, 0.1) is 7.11 Å². The molecule has 1 heterocycles. The Bertz CT molecular complexity index is 695. The lowest BCUT2D eigenvalue weighted by atomic mass is 9.81. The molecule has 0 atom stereocenters. The summed E-state index contributed by atoms with van der Waals surface area (Å²) in [5.41, 5.74) is 4.31. The van der Waals surface area contributed by atoms with E-state index in [2.05, 4.69) is 12.7 Å². The minimum atomic E-state index is 0.282. The second-order valence-corrected chi connectivity index (χ2v) is 5.85. The normalized spacial score (nSPS) is 17.3. The first-order valence-electron chi connectivity index (χ1n) is 8.12. The Morgan fingerprint density at radius 2 is 2.22 bits per heavy atom. The van der Waals surface area contributed by atoms with E-state index in [-0.39, 0.29) is 5.78 Å². The van der Waals surface area contributed by atoms with Crippen molar-refractivity contribution in [3.63, 3.8) is 0 Å². The summed E-state index contributed by atoms with van der Waals surface area (Å²) in [7, 11) is 1.66. The van der Waals surface area contributed by atoms with Crippen molar-refractivity contribution in [2.45, 2.75) is 32.1 Å². The molecule has 0 saturated heterocycles. The largest absolute Gasteiger partial charge is 0.497 e. The van der Waals surface area contributed by atoms with E-state index in [9.17, 15) is 4.79 Å². The first-order valence-corrected chi connectivity index (χ1v) is 8.12. The molecule has 0 bridgehead atoms. The average Bonchev–Trinajstić information content (AvgIpc) is 2.59. The summed E-state index contributed by atoms with van der Waals surface area (Å²) in [4.78, 5) is 12.4. The number of allylic oxidation sites excluding steroid dienone is 4. The lowest BCUT2D eigenvalue weighted by Crippen LogP contribution is -2.15. The Kier molecular flexibility index (Phi) is 4.65. The van der Waals surface area contributed by atoms with Crippen LogP contribution in [0.4, 0.5) is 0 Å². The van der Waals surface area contributed by atoms with Crippen molar-refractivity contribution in [1.29, 1.82) is 0 Å². The number of ether oxygens (including phenoxy) is 2. The highest BCUT2D eigenvalue weighted by atomic mass is 16.5. The van der Waals surface area contributed by atoms with Crippen molar-refractivity contribution in [1.82, 2.24) is 0 Å². The maximum absolute atomic E-state index is 12.4. The summed E-state index contributed by atoms with van der Waals surface area (Å²) in [5, 5.41) is 0. The molecule has 3 rings (SSSR count). The topological polar surface area (TPSA) is 35.5 Å². The molecule has 0 radical (unpaired) electrons. The molecule has 0 saturated carbocycles. The Hall–Kier alpha value is -2.29. The molecule has 0 aromatic heterocycles.